The minimum atomic E-state index is -0.303. The van der Waals surface area contributed by atoms with Crippen molar-refractivity contribution in [2.75, 3.05) is 5.75 Å². The minimum absolute atomic E-state index is 0.147. The summed E-state index contributed by atoms with van der Waals surface area (Å²) in [6.45, 7) is 4.20. The van der Waals surface area contributed by atoms with Gasteiger partial charge in [0, 0.05) is 16.1 Å². The molecule has 1 aromatic carbocycles. The molecule has 1 fully saturated rings. The summed E-state index contributed by atoms with van der Waals surface area (Å²) in [6.07, 6.45) is 1.14. The molecule has 1 saturated heterocycles. The van der Waals surface area contributed by atoms with Crippen LogP contribution in [0.2, 0.25) is 0 Å². The van der Waals surface area contributed by atoms with Crippen LogP contribution in [0.25, 0.3) is 0 Å². The molecule has 1 nitrogen and oxygen atoms in total. The van der Waals surface area contributed by atoms with Crippen LogP contribution in [0.4, 0.5) is 4.39 Å². The predicted octanol–water partition coefficient (Wildman–Crippen LogP) is 3.88. The molecule has 0 saturated carbocycles. The van der Waals surface area contributed by atoms with Crippen LogP contribution in [0.5, 0.6) is 0 Å². The van der Waals surface area contributed by atoms with E-state index in [2.05, 4.69) is 35.1 Å². The highest BCUT2D eigenvalue weighted by Gasteiger charge is 2.34. The number of nitrogens with one attached hydrogen (secondary N) is 1. The molecule has 88 valence electrons. The third-order valence-corrected chi connectivity index (χ3v) is 4.76. The van der Waals surface area contributed by atoms with E-state index < -0.39 is 0 Å². The van der Waals surface area contributed by atoms with Crippen LogP contribution in [-0.4, -0.2) is 11.8 Å². The Morgan fingerprint density at radius 3 is 2.94 bits per heavy atom. The number of halogens is 2. The Balaban J connectivity index is 2.34. The van der Waals surface area contributed by atoms with E-state index in [-0.39, 0.29) is 10.7 Å². The topological polar surface area (TPSA) is 12.0 Å². The summed E-state index contributed by atoms with van der Waals surface area (Å²) in [5, 5.41) is 3.48. The van der Waals surface area contributed by atoms with Crippen molar-refractivity contribution >= 4 is 27.7 Å². The SMILES string of the molecule is CC1CCSC(C)(c2ccc(Br)cc2F)N1. The highest BCUT2D eigenvalue weighted by Crippen LogP contribution is 2.39. The zero-order valence-corrected chi connectivity index (χ0v) is 11.8. The fraction of sp³-hybridized carbons (Fsp3) is 0.500. The third kappa shape index (κ3) is 2.44. The minimum Gasteiger partial charge on any atom is -0.297 e. The lowest BCUT2D eigenvalue weighted by Crippen LogP contribution is -2.46. The molecule has 0 radical (unpaired) electrons. The molecule has 0 aromatic heterocycles. The molecule has 2 unspecified atom stereocenters. The molecule has 0 spiro atoms. The molecule has 2 atom stereocenters. The zero-order valence-electron chi connectivity index (χ0n) is 9.39. The quantitative estimate of drug-likeness (QED) is 0.845. The molecule has 1 heterocycles. The first kappa shape index (κ1) is 12.4. The molecule has 0 aliphatic carbocycles. The Morgan fingerprint density at radius 1 is 1.56 bits per heavy atom. The summed E-state index contributed by atoms with van der Waals surface area (Å²) in [6, 6.07) is 5.72. The van der Waals surface area contributed by atoms with E-state index in [0.717, 1.165) is 22.2 Å². The standard InChI is InChI=1S/C12H15BrFNS/c1-8-5-6-16-12(2,15-8)10-4-3-9(13)7-11(10)14/h3-4,7-8,15H,5-6H2,1-2H3. The second kappa shape index (κ2) is 4.67. The zero-order chi connectivity index (χ0) is 11.8. The van der Waals surface area contributed by atoms with Gasteiger partial charge in [0.05, 0.1) is 4.87 Å². The Labute approximate surface area is 108 Å². The lowest BCUT2D eigenvalue weighted by molar-refractivity contribution is 0.407. The molecule has 1 aromatic rings. The smallest absolute Gasteiger partial charge is 0.130 e. The summed E-state index contributed by atoms with van der Waals surface area (Å²) in [5.74, 6) is 0.922. The van der Waals surface area contributed by atoms with Gasteiger partial charge in [0.25, 0.3) is 0 Å². The maximum absolute atomic E-state index is 13.9. The maximum Gasteiger partial charge on any atom is 0.130 e. The van der Waals surface area contributed by atoms with Gasteiger partial charge in [-0.05, 0) is 38.2 Å². The predicted molar refractivity (Wildman–Crippen MR) is 71.1 cm³/mol. The number of hydrogen-bond donors (Lipinski definition) is 1. The summed E-state index contributed by atoms with van der Waals surface area (Å²) < 4.78 is 14.7. The molecule has 1 N–H and O–H groups in total. The first-order chi connectivity index (χ1) is 7.51. The van der Waals surface area contributed by atoms with Crippen LogP contribution >= 0.6 is 27.7 Å². The van der Waals surface area contributed by atoms with Crippen LogP contribution < -0.4 is 5.32 Å². The van der Waals surface area contributed by atoms with E-state index >= 15 is 0 Å². The normalized spacial score (nSPS) is 30.4. The largest absolute Gasteiger partial charge is 0.297 e. The van der Waals surface area contributed by atoms with Gasteiger partial charge in [0.1, 0.15) is 5.82 Å². The molecular formula is C12H15BrFNS. The fourth-order valence-electron chi connectivity index (χ4n) is 2.06. The highest BCUT2D eigenvalue weighted by atomic mass is 79.9. The monoisotopic (exact) mass is 303 g/mol. The summed E-state index contributed by atoms with van der Waals surface area (Å²) in [5.41, 5.74) is 0.743. The average Bonchev–Trinajstić information content (AvgIpc) is 2.16. The van der Waals surface area contributed by atoms with E-state index in [0.29, 0.717) is 6.04 Å². The molecule has 16 heavy (non-hydrogen) atoms. The van der Waals surface area contributed by atoms with Gasteiger partial charge in [0.15, 0.2) is 0 Å². The van der Waals surface area contributed by atoms with Gasteiger partial charge in [-0.2, -0.15) is 0 Å². The van der Waals surface area contributed by atoms with Crippen molar-refractivity contribution in [1.29, 1.82) is 0 Å². The first-order valence-electron chi connectivity index (χ1n) is 5.38. The van der Waals surface area contributed by atoms with Crippen molar-refractivity contribution in [3.63, 3.8) is 0 Å². The van der Waals surface area contributed by atoms with Gasteiger partial charge in [-0.3, -0.25) is 5.32 Å². The Morgan fingerprint density at radius 2 is 2.31 bits per heavy atom. The lowest BCUT2D eigenvalue weighted by atomic mass is 10.1. The molecule has 0 amide bonds. The molecule has 4 heteroatoms. The van der Waals surface area contributed by atoms with Crippen LogP contribution in [0.15, 0.2) is 22.7 Å². The third-order valence-electron chi connectivity index (χ3n) is 2.91. The maximum atomic E-state index is 13.9. The van der Waals surface area contributed by atoms with Gasteiger partial charge in [0.2, 0.25) is 0 Å². The van der Waals surface area contributed by atoms with E-state index in [1.54, 1.807) is 11.8 Å². The van der Waals surface area contributed by atoms with Gasteiger partial charge >= 0.3 is 0 Å². The van der Waals surface area contributed by atoms with Crippen molar-refractivity contribution in [2.45, 2.75) is 31.2 Å². The van der Waals surface area contributed by atoms with Crippen molar-refractivity contribution in [2.24, 2.45) is 0 Å². The molecule has 2 rings (SSSR count). The Bertz CT molecular complexity index is 399. The van der Waals surface area contributed by atoms with E-state index in [1.807, 2.05) is 12.1 Å². The van der Waals surface area contributed by atoms with Crippen LogP contribution in [-0.2, 0) is 4.87 Å². The highest BCUT2D eigenvalue weighted by molar-refractivity contribution is 9.10. The van der Waals surface area contributed by atoms with Crippen molar-refractivity contribution in [1.82, 2.24) is 5.32 Å². The van der Waals surface area contributed by atoms with E-state index in [4.69, 9.17) is 0 Å². The van der Waals surface area contributed by atoms with Crippen LogP contribution in [0.1, 0.15) is 25.8 Å². The number of benzene rings is 1. The summed E-state index contributed by atoms with van der Waals surface area (Å²) in [7, 11) is 0. The number of hydrogen-bond acceptors (Lipinski definition) is 2. The van der Waals surface area contributed by atoms with Crippen LogP contribution in [0, 0.1) is 5.82 Å². The average molecular weight is 304 g/mol. The van der Waals surface area contributed by atoms with Gasteiger partial charge in [-0.25, -0.2) is 4.39 Å². The number of rotatable bonds is 1. The van der Waals surface area contributed by atoms with Gasteiger partial charge in [-0.1, -0.05) is 22.0 Å². The molecule has 0 bridgehead atoms. The van der Waals surface area contributed by atoms with Gasteiger partial charge in [-0.15, -0.1) is 11.8 Å². The molecule has 1 aliphatic heterocycles. The second-order valence-corrected chi connectivity index (χ2v) is 6.77. The first-order valence-corrected chi connectivity index (χ1v) is 7.16. The van der Waals surface area contributed by atoms with E-state index in [9.17, 15) is 4.39 Å². The lowest BCUT2D eigenvalue weighted by Gasteiger charge is -2.38. The summed E-state index contributed by atoms with van der Waals surface area (Å²) >= 11 is 5.06. The van der Waals surface area contributed by atoms with E-state index in [1.165, 1.54) is 6.07 Å². The van der Waals surface area contributed by atoms with Gasteiger partial charge < -0.3 is 0 Å². The Kier molecular flexibility index (Phi) is 3.62. The molecular weight excluding hydrogens is 289 g/mol. The Hall–Kier alpha value is -0.0600. The molecule has 1 aliphatic rings. The van der Waals surface area contributed by atoms with Crippen molar-refractivity contribution in [3.05, 3.63) is 34.1 Å². The van der Waals surface area contributed by atoms with Crippen LogP contribution in [0.3, 0.4) is 0 Å². The second-order valence-electron chi connectivity index (χ2n) is 4.34. The van der Waals surface area contributed by atoms with Crippen molar-refractivity contribution in [3.8, 4) is 0 Å². The summed E-state index contributed by atoms with van der Waals surface area (Å²) in [4.78, 5) is -0.303. The van der Waals surface area contributed by atoms with Crippen molar-refractivity contribution < 1.29 is 4.39 Å². The fourth-order valence-corrected chi connectivity index (χ4v) is 3.87. The number of thioether (sulfide) groups is 1.